The summed E-state index contributed by atoms with van der Waals surface area (Å²) in [6.45, 7) is 4.79. The fourth-order valence-corrected chi connectivity index (χ4v) is 1.99. The molecule has 6 nitrogen and oxygen atoms in total. The van der Waals surface area contributed by atoms with Crippen molar-refractivity contribution in [2.45, 2.75) is 39.3 Å². The highest BCUT2D eigenvalue weighted by molar-refractivity contribution is 5.90. The first-order valence-electron chi connectivity index (χ1n) is 7.11. The zero-order valence-corrected chi connectivity index (χ0v) is 12.4. The van der Waals surface area contributed by atoms with Gasteiger partial charge >= 0.3 is 0 Å². The van der Waals surface area contributed by atoms with E-state index < -0.39 is 0 Å². The molecule has 1 unspecified atom stereocenters. The van der Waals surface area contributed by atoms with E-state index in [0.717, 1.165) is 12.1 Å². The highest BCUT2D eigenvalue weighted by Crippen LogP contribution is 2.20. The van der Waals surface area contributed by atoms with Crippen molar-refractivity contribution in [2.24, 2.45) is 5.73 Å². The molecule has 2 aromatic rings. The van der Waals surface area contributed by atoms with Crippen molar-refractivity contribution in [3.05, 3.63) is 41.7 Å². The first kappa shape index (κ1) is 15.2. The number of rotatable bonds is 6. The Morgan fingerprint density at radius 2 is 2.10 bits per heavy atom. The third-order valence-corrected chi connectivity index (χ3v) is 3.48. The number of anilines is 1. The molecule has 1 heterocycles. The molecule has 0 fully saturated rings. The fraction of sp³-hybridized carbons (Fsp3) is 0.400. The summed E-state index contributed by atoms with van der Waals surface area (Å²) in [4.78, 5) is 11.9. The van der Waals surface area contributed by atoms with Gasteiger partial charge in [-0.05, 0) is 30.0 Å². The second kappa shape index (κ2) is 6.99. The van der Waals surface area contributed by atoms with Gasteiger partial charge in [0.05, 0.1) is 11.9 Å². The van der Waals surface area contributed by atoms with Crippen LogP contribution in [0.4, 0.5) is 5.69 Å². The lowest BCUT2D eigenvalue weighted by Gasteiger charge is -2.10. The molecule has 0 saturated carbocycles. The largest absolute Gasteiger partial charge is 0.325 e. The molecule has 112 valence electrons. The van der Waals surface area contributed by atoms with Crippen molar-refractivity contribution in [1.29, 1.82) is 0 Å². The molecule has 0 aliphatic carbocycles. The van der Waals surface area contributed by atoms with Crippen molar-refractivity contribution in [3.63, 3.8) is 0 Å². The van der Waals surface area contributed by atoms with E-state index in [1.54, 1.807) is 6.20 Å². The minimum atomic E-state index is -0.139. The van der Waals surface area contributed by atoms with E-state index >= 15 is 0 Å². The van der Waals surface area contributed by atoms with Gasteiger partial charge in [-0.1, -0.05) is 31.2 Å². The molecule has 2 rings (SSSR count). The summed E-state index contributed by atoms with van der Waals surface area (Å²) in [7, 11) is 0. The van der Waals surface area contributed by atoms with Gasteiger partial charge in [-0.15, -0.1) is 5.10 Å². The molecular weight excluding hydrogens is 266 g/mol. The van der Waals surface area contributed by atoms with Crippen LogP contribution in [0.1, 0.15) is 37.4 Å². The number of nitrogens with one attached hydrogen (secondary N) is 1. The summed E-state index contributed by atoms with van der Waals surface area (Å²) < 4.78 is 1.48. The average molecular weight is 287 g/mol. The van der Waals surface area contributed by atoms with Gasteiger partial charge in [0.2, 0.25) is 5.91 Å². The lowest BCUT2D eigenvalue weighted by Crippen LogP contribution is -2.19. The Labute approximate surface area is 124 Å². The van der Waals surface area contributed by atoms with Crippen LogP contribution in [0.25, 0.3) is 0 Å². The van der Waals surface area contributed by atoms with Gasteiger partial charge in [-0.2, -0.15) is 0 Å². The maximum Gasteiger partial charge on any atom is 0.246 e. The van der Waals surface area contributed by atoms with Crippen molar-refractivity contribution in [3.8, 4) is 0 Å². The van der Waals surface area contributed by atoms with E-state index in [1.807, 2.05) is 24.3 Å². The SMILES string of the molecule is CCC(C)c1ccc(NC(=O)Cn2cc(CN)nn2)cc1. The molecule has 0 spiro atoms. The third-order valence-electron chi connectivity index (χ3n) is 3.48. The van der Waals surface area contributed by atoms with E-state index in [0.29, 0.717) is 18.2 Å². The van der Waals surface area contributed by atoms with Crippen LogP contribution >= 0.6 is 0 Å². The van der Waals surface area contributed by atoms with Crippen molar-refractivity contribution in [2.75, 3.05) is 5.32 Å². The summed E-state index contributed by atoms with van der Waals surface area (Å²) in [6, 6.07) is 7.94. The number of aromatic nitrogens is 3. The number of nitrogens with two attached hydrogens (primary N) is 1. The second-order valence-electron chi connectivity index (χ2n) is 5.09. The zero-order valence-electron chi connectivity index (χ0n) is 12.4. The van der Waals surface area contributed by atoms with Crippen LogP contribution < -0.4 is 11.1 Å². The van der Waals surface area contributed by atoms with Gasteiger partial charge in [0.15, 0.2) is 0 Å². The summed E-state index contributed by atoms with van der Waals surface area (Å²) in [5.41, 5.74) is 8.18. The minimum Gasteiger partial charge on any atom is -0.325 e. The molecule has 0 radical (unpaired) electrons. The Morgan fingerprint density at radius 1 is 1.38 bits per heavy atom. The number of hydrogen-bond donors (Lipinski definition) is 2. The van der Waals surface area contributed by atoms with Crippen molar-refractivity contribution < 1.29 is 4.79 Å². The fourth-order valence-electron chi connectivity index (χ4n) is 1.99. The van der Waals surface area contributed by atoms with Gasteiger partial charge in [0.1, 0.15) is 6.54 Å². The predicted molar refractivity (Wildman–Crippen MR) is 81.7 cm³/mol. The van der Waals surface area contributed by atoms with E-state index in [9.17, 15) is 4.79 Å². The summed E-state index contributed by atoms with van der Waals surface area (Å²) in [5, 5.41) is 10.5. The normalized spacial score (nSPS) is 12.1. The number of nitrogens with zero attached hydrogens (tertiary/aromatic N) is 3. The monoisotopic (exact) mass is 287 g/mol. The second-order valence-corrected chi connectivity index (χ2v) is 5.09. The third kappa shape index (κ3) is 4.13. The number of carbonyl (C=O) groups excluding carboxylic acids is 1. The molecule has 0 bridgehead atoms. The summed E-state index contributed by atoms with van der Waals surface area (Å²) >= 11 is 0. The molecule has 21 heavy (non-hydrogen) atoms. The van der Waals surface area contributed by atoms with E-state index in [-0.39, 0.29) is 12.5 Å². The standard InChI is InChI=1S/C15H21N5O/c1-3-11(2)12-4-6-13(7-5-12)17-15(21)10-20-9-14(8-16)18-19-20/h4-7,9,11H,3,8,10,16H2,1-2H3,(H,17,21). The Hall–Kier alpha value is -2.21. The van der Waals surface area contributed by atoms with Crippen molar-refractivity contribution in [1.82, 2.24) is 15.0 Å². The molecule has 1 aromatic heterocycles. The lowest BCUT2D eigenvalue weighted by atomic mass is 9.99. The molecule has 1 atom stereocenters. The first-order valence-corrected chi connectivity index (χ1v) is 7.11. The number of benzene rings is 1. The number of hydrogen-bond acceptors (Lipinski definition) is 4. The van der Waals surface area contributed by atoms with Crippen LogP contribution in [-0.4, -0.2) is 20.9 Å². The van der Waals surface area contributed by atoms with Crippen LogP contribution in [0, 0.1) is 0 Å². The molecule has 0 aliphatic heterocycles. The molecule has 3 N–H and O–H groups in total. The Kier molecular flexibility index (Phi) is 5.05. The number of amides is 1. The average Bonchev–Trinajstić information content (AvgIpc) is 2.94. The predicted octanol–water partition coefficient (Wildman–Crippen LogP) is 1.89. The highest BCUT2D eigenvalue weighted by Gasteiger charge is 2.07. The van der Waals surface area contributed by atoms with E-state index in [4.69, 9.17) is 5.73 Å². The zero-order chi connectivity index (χ0) is 15.2. The molecule has 1 amide bonds. The van der Waals surface area contributed by atoms with Crippen LogP contribution in [-0.2, 0) is 17.9 Å². The maximum absolute atomic E-state index is 11.9. The minimum absolute atomic E-state index is 0.125. The Bertz CT molecular complexity index is 590. The van der Waals surface area contributed by atoms with E-state index in [2.05, 4.69) is 29.5 Å². The first-order chi connectivity index (χ1) is 10.1. The van der Waals surface area contributed by atoms with Gasteiger partial charge in [0.25, 0.3) is 0 Å². The summed E-state index contributed by atoms with van der Waals surface area (Å²) in [5.74, 6) is 0.388. The van der Waals surface area contributed by atoms with E-state index in [1.165, 1.54) is 10.2 Å². The van der Waals surface area contributed by atoms with Crippen LogP contribution in [0.5, 0.6) is 0 Å². The topological polar surface area (TPSA) is 85.8 Å². The van der Waals surface area contributed by atoms with Gasteiger partial charge in [-0.3, -0.25) is 4.79 Å². The number of carbonyl (C=O) groups is 1. The smallest absolute Gasteiger partial charge is 0.246 e. The molecule has 0 saturated heterocycles. The van der Waals surface area contributed by atoms with Crippen molar-refractivity contribution >= 4 is 11.6 Å². The highest BCUT2D eigenvalue weighted by atomic mass is 16.2. The molecule has 6 heteroatoms. The van der Waals surface area contributed by atoms with Gasteiger partial charge in [0, 0.05) is 12.2 Å². The quantitative estimate of drug-likeness (QED) is 0.849. The molecule has 0 aliphatic rings. The molecule has 1 aromatic carbocycles. The Balaban J connectivity index is 1.93. The van der Waals surface area contributed by atoms with Crippen LogP contribution in [0.15, 0.2) is 30.5 Å². The Morgan fingerprint density at radius 3 is 2.67 bits per heavy atom. The maximum atomic E-state index is 11.9. The summed E-state index contributed by atoms with van der Waals surface area (Å²) in [6.07, 6.45) is 2.77. The van der Waals surface area contributed by atoms with Gasteiger partial charge < -0.3 is 11.1 Å². The van der Waals surface area contributed by atoms with Gasteiger partial charge in [-0.25, -0.2) is 4.68 Å². The lowest BCUT2D eigenvalue weighted by molar-refractivity contribution is -0.116. The van der Waals surface area contributed by atoms with Crippen LogP contribution in [0.2, 0.25) is 0 Å². The van der Waals surface area contributed by atoms with Crippen LogP contribution in [0.3, 0.4) is 0 Å². The molecular formula is C15H21N5O.